The summed E-state index contributed by atoms with van der Waals surface area (Å²) in [7, 11) is 0. The van der Waals surface area contributed by atoms with Crippen molar-refractivity contribution in [1.29, 1.82) is 0 Å². The molecule has 2 aliphatic rings. The van der Waals surface area contributed by atoms with Crippen LogP contribution in [0.2, 0.25) is 0 Å². The second-order valence-corrected chi connectivity index (χ2v) is 8.59. The molecule has 0 radical (unpaired) electrons. The molecule has 3 rings (SSSR count). The lowest BCUT2D eigenvalue weighted by atomic mass is 9.92. The van der Waals surface area contributed by atoms with Crippen LogP contribution in [0.3, 0.4) is 0 Å². The van der Waals surface area contributed by atoms with Gasteiger partial charge < -0.3 is 10.2 Å². The molecule has 2 fully saturated rings. The number of piperidine rings is 1. The first kappa shape index (κ1) is 20.8. The fourth-order valence-corrected chi connectivity index (χ4v) is 4.40. The zero-order valence-electron chi connectivity index (χ0n) is 17.4. The molecule has 1 aromatic rings. The molecular formula is C22H34N4O2. The van der Waals surface area contributed by atoms with E-state index >= 15 is 0 Å². The molecule has 1 N–H and O–H groups in total. The molecule has 6 nitrogen and oxygen atoms in total. The van der Waals surface area contributed by atoms with Gasteiger partial charge in [0.05, 0.1) is 12.6 Å². The van der Waals surface area contributed by atoms with E-state index in [0.29, 0.717) is 18.4 Å². The van der Waals surface area contributed by atoms with Gasteiger partial charge in [0.25, 0.3) is 0 Å². The summed E-state index contributed by atoms with van der Waals surface area (Å²) in [6.07, 6.45) is 1.21. The van der Waals surface area contributed by atoms with Crippen LogP contribution in [0, 0.1) is 11.8 Å². The predicted octanol–water partition coefficient (Wildman–Crippen LogP) is 2.14. The summed E-state index contributed by atoms with van der Waals surface area (Å²) in [5, 5.41) is 2.98. The number of hydrogen-bond acceptors (Lipinski definition) is 4. The minimum atomic E-state index is -0.179. The van der Waals surface area contributed by atoms with E-state index in [9.17, 15) is 9.59 Å². The fraction of sp³-hybridized carbons (Fsp3) is 0.636. The highest BCUT2D eigenvalue weighted by Crippen LogP contribution is 2.21. The quantitative estimate of drug-likeness (QED) is 0.842. The lowest BCUT2D eigenvalue weighted by molar-refractivity contribution is -0.136. The first-order valence-corrected chi connectivity index (χ1v) is 10.5. The second kappa shape index (κ2) is 9.52. The number of benzene rings is 1. The Morgan fingerprint density at radius 1 is 1.04 bits per heavy atom. The first-order valence-electron chi connectivity index (χ1n) is 10.5. The summed E-state index contributed by atoms with van der Waals surface area (Å²) < 4.78 is 0. The number of amides is 2. The van der Waals surface area contributed by atoms with Crippen molar-refractivity contribution in [2.75, 3.05) is 51.1 Å². The fourth-order valence-electron chi connectivity index (χ4n) is 4.40. The van der Waals surface area contributed by atoms with Crippen molar-refractivity contribution in [3.05, 3.63) is 30.3 Å². The molecular weight excluding hydrogens is 352 g/mol. The largest absolute Gasteiger partial charge is 0.341 e. The van der Waals surface area contributed by atoms with Crippen molar-refractivity contribution in [3.63, 3.8) is 0 Å². The molecule has 2 aliphatic heterocycles. The topological polar surface area (TPSA) is 55.9 Å². The van der Waals surface area contributed by atoms with Crippen LogP contribution in [0.25, 0.3) is 0 Å². The van der Waals surface area contributed by atoms with Gasteiger partial charge in [0.15, 0.2) is 0 Å². The zero-order valence-corrected chi connectivity index (χ0v) is 17.4. The SMILES string of the molecule is C[C@@H]1C[C@@H](C)CN(C(=O)CN2CCN([C@@H](C)C(=O)Nc3ccccc3)CC2)C1. The highest BCUT2D eigenvalue weighted by Gasteiger charge is 2.29. The van der Waals surface area contributed by atoms with E-state index in [-0.39, 0.29) is 17.9 Å². The van der Waals surface area contributed by atoms with Crippen LogP contribution < -0.4 is 5.32 Å². The Balaban J connectivity index is 1.43. The smallest absolute Gasteiger partial charge is 0.241 e. The summed E-state index contributed by atoms with van der Waals surface area (Å²) in [5.74, 6) is 1.45. The molecule has 3 atom stereocenters. The van der Waals surface area contributed by atoms with Gasteiger partial charge in [0, 0.05) is 45.0 Å². The molecule has 0 aliphatic carbocycles. The van der Waals surface area contributed by atoms with Gasteiger partial charge in [0.2, 0.25) is 11.8 Å². The number of likely N-dealkylation sites (tertiary alicyclic amines) is 1. The Kier molecular flexibility index (Phi) is 7.08. The first-order chi connectivity index (χ1) is 13.4. The van der Waals surface area contributed by atoms with Crippen LogP contribution in [0.5, 0.6) is 0 Å². The third-order valence-electron chi connectivity index (χ3n) is 5.96. The summed E-state index contributed by atoms with van der Waals surface area (Å²) in [5.41, 5.74) is 0.827. The number of nitrogens with zero attached hydrogens (tertiary/aromatic N) is 3. The Morgan fingerprint density at radius 2 is 1.64 bits per heavy atom. The minimum Gasteiger partial charge on any atom is -0.341 e. The van der Waals surface area contributed by atoms with Gasteiger partial charge in [-0.2, -0.15) is 0 Å². The normalized spacial score (nSPS) is 25.3. The van der Waals surface area contributed by atoms with E-state index in [0.717, 1.165) is 45.0 Å². The highest BCUT2D eigenvalue weighted by molar-refractivity contribution is 5.94. The van der Waals surface area contributed by atoms with Crippen molar-refractivity contribution in [2.24, 2.45) is 11.8 Å². The van der Waals surface area contributed by atoms with Gasteiger partial charge in [-0.05, 0) is 37.3 Å². The molecule has 0 aromatic heterocycles. The summed E-state index contributed by atoms with van der Waals surface area (Å²) >= 11 is 0. The molecule has 0 bridgehead atoms. The maximum atomic E-state index is 12.7. The standard InChI is InChI=1S/C22H34N4O2/c1-17-13-18(2)15-26(14-17)21(27)16-24-9-11-25(12-10-24)19(3)22(28)23-20-7-5-4-6-8-20/h4-8,17-19H,9-16H2,1-3H3,(H,23,28)/t17-,18-,19+/m1/s1. The van der Waals surface area contributed by atoms with E-state index in [1.54, 1.807) is 0 Å². The van der Waals surface area contributed by atoms with Crippen molar-refractivity contribution in [3.8, 4) is 0 Å². The van der Waals surface area contributed by atoms with Gasteiger partial charge >= 0.3 is 0 Å². The van der Waals surface area contributed by atoms with Crippen molar-refractivity contribution < 1.29 is 9.59 Å². The number of nitrogens with one attached hydrogen (secondary N) is 1. The maximum absolute atomic E-state index is 12.7. The Morgan fingerprint density at radius 3 is 2.25 bits per heavy atom. The van der Waals surface area contributed by atoms with E-state index in [1.165, 1.54) is 6.42 Å². The minimum absolute atomic E-state index is 0.0204. The van der Waals surface area contributed by atoms with Crippen LogP contribution >= 0.6 is 0 Å². The zero-order chi connectivity index (χ0) is 20.1. The molecule has 154 valence electrons. The van der Waals surface area contributed by atoms with E-state index in [2.05, 4.69) is 29.0 Å². The Labute approximate surface area is 168 Å². The number of carbonyl (C=O) groups is 2. The second-order valence-electron chi connectivity index (χ2n) is 8.59. The average Bonchev–Trinajstić information content (AvgIpc) is 2.68. The van der Waals surface area contributed by atoms with Crippen LogP contribution in [0.4, 0.5) is 5.69 Å². The van der Waals surface area contributed by atoms with E-state index in [1.807, 2.05) is 42.2 Å². The summed E-state index contributed by atoms with van der Waals surface area (Å²) in [4.78, 5) is 31.7. The summed E-state index contributed by atoms with van der Waals surface area (Å²) in [6, 6.07) is 9.39. The van der Waals surface area contributed by atoms with Crippen LogP contribution in [-0.4, -0.2) is 78.4 Å². The van der Waals surface area contributed by atoms with Gasteiger partial charge in [-0.1, -0.05) is 32.0 Å². The third-order valence-corrected chi connectivity index (χ3v) is 5.96. The van der Waals surface area contributed by atoms with Crippen molar-refractivity contribution in [2.45, 2.75) is 33.2 Å². The lowest BCUT2D eigenvalue weighted by Crippen LogP contribution is -2.55. The van der Waals surface area contributed by atoms with Gasteiger partial charge in [0.1, 0.15) is 0 Å². The molecule has 0 spiro atoms. The third kappa shape index (κ3) is 5.55. The molecule has 28 heavy (non-hydrogen) atoms. The molecule has 2 heterocycles. The molecule has 1 aromatic carbocycles. The maximum Gasteiger partial charge on any atom is 0.241 e. The molecule has 0 saturated carbocycles. The van der Waals surface area contributed by atoms with Crippen LogP contribution in [0.15, 0.2) is 30.3 Å². The van der Waals surface area contributed by atoms with Crippen LogP contribution in [-0.2, 0) is 9.59 Å². The molecule has 6 heteroatoms. The number of carbonyl (C=O) groups excluding carboxylic acids is 2. The van der Waals surface area contributed by atoms with Gasteiger partial charge in [-0.25, -0.2) is 0 Å². The average molecular weight is 387 g/mol. The van der Waals surface area contributed by atoms with Gasteiger partial charge in [-0.15, -0.1) is 0 Å². The van der Waals surface area contributed by atoms with Gasteiger partial charge in [-0.3, -0.25) is 19.4 Å². The number of hydrogen-bond donors (Lipinski definition) is 1. The predicted molar refractivity (Wildman–Crippen MR) is 112 cm³/mol. The monoisotopic (exact) mass is 386 g/mol. The van der Waals surface area contributed by atoms with E-state index < -0.39 is 0 Å². The highest BCUT2D eigenvalue weighted by atomic mass is 16.2. The van der Waals surface area contributed by atoms with Crippen LogP contribution in [0.1, 0.15) is 27.2 Å². The van der Waals surface area contributed by atoms with Crippen molar-refractivity contribution in [1.82, 2.24) is 14.7 Å². The van der Waals surface area contributed by atoms with E-state index in [4.69, 9.17) is 0 Å². The lowest BCUT2D eigenvalue weighted by Gasteiger charge is -2.39. The summed E-state index contributed by atoms with van der Waals surface area (Å²) in [6.45, 7) is 12.0. The Bertz CT molecular complexity index is 648. The molecule has 2 saturated heterocycles. The number of anilines is 1. The Hall–Kier alpha value is -1.92. The number of para-hydroxylation sites is 1. The van der Waals surface area contributed by atoms with Crippen molar-refractivity contribution >= 4 is 17.5 Å². The molecule has 0 unspecified atom stereocenters. The number of rotatable bonds is 5. The number of piperazine rings is 1. The molecule has 2 amide bonds.